The summed E-state index contributed by atoms with van der Waals surface area (Å²) >= 11 is 0. The third kappa shape index (κ3) is 3.50. The molecule has 2 nitrogen and oxygen atoms in total. The molecule has 0 saturated carbocycles. The van der Waals surface area contributed by atoms with Crippen LogP contribution in [0.5, 0.6) is 0 Å². The molecular weight excluding hydrogens is 352 g/mol. The highest BCUT2D eigenvalue weighted by Crippen LogP contribution is 2.22. The molecule has 1 aliphatic carbocycles. The summed E-state index contributed by atoms with van der Waals surface area (Å²) in [7, 11) is 4.14. The molecular formula is C24H25ClN2. The van der Waals surface area contributed by atoms with Crippen LogP contribution in [0.15, 0.2) is 54.1 Å². The number of H-pyrrole nitrogens is 1. The Hall–Kier alpha value is -2.58. The normalized spacial score (nSPS) is 14.5. The molecule has 0 atom stereocenters. The van der Waals surface area contributed by atoms with Gasteiger partial charge in [0, 0.05) is 42.0 Å². The molecule has 0 fully saturated rings. The van der Waals surface area contributed by atoms with Gasteiger partial charge in [0.05, 0.1) is 0 Å². The Morgan fingerprint density at radius 2 is 1.67 bits per heavy atom. The van der Waals surface area contributed by atoms with Crippen LogP contribution in [-0.4, -0.2) is 14.1 Å². The van der Waals surface area contributed by atoms with Crippen molar-refractivity contribution in [2.24, 2.45) is 0 Å². The maximum Gasteiger partial charge on any atom is 0.214 e. The van der Waals surface area contributed by atoms with Crippen LogP contribution in [0, 0.1) is 6.92 Å². The Morgan fingerprint density at radius 3 is 2.37 bits per heavy atom. The highest BCUT2D eigenvalue weighted by Gasteiger charge is 2.15. The van der Waals surface area contributed by atoms with E-state index in [0.29, 0.717) is 0 Å². The van der Waals surface area contributed by atoms with E-state index in [1.807, 2.05) is 0 Å². The van der Waals surface area contributed by atoms with E-state index >= 15 is 0 Å². The van der Waals surface area contributed by atoms with Crippen LogP contribution in [0.3, 0.4) is 0 Å². The zero-order chi connectivity index (χ0) is 18.3. The molecule has 4 rings (SSSR count). The maximum absolute atomic E-state index is 3.66. The summed E-state index contributed by atoms with van der Waals surface area (Å²) in [6.07, 6.45) is 5.65. The topological polar surface area (TPSA) is 17.4 Å². The largest absolute Gasteiger partial charge is 1.00 e. The van der Waals surface area contributed by atoms with E-state index in [0.717, 1.165) is 6.42 Å². The molecule has 138 valence electrons. The number of halogens is 1. The van der Waals surface area contributed by atoms with Gasteiger partial charge in [-0.3, -0.25) is 0 Å². The van der Waals surface area contributed by atoms with Crippen LogP contribution >= 0.6 is 0 Å². The lowest BCUT2D eigenvalue weighted by Crippen LogP contribution is -3.00. The van der Waals surface area contributed by atoms with Gasteiger partial charge in [-0.05, 0) is 55.2 Å². The average Bonchev–Trinajstić information content (AvgIpc) is 2.65. The van der Waals surface area contributed by atoms with Crippen LogP contribution in [0.4, 0.5) is 5.69 Å². The second-order valence-electron chi connectivity index (χ2n) is 7.27. The van der Waals surface area contributed by atoms with Crippen LogP contribution in [-0.2, 0) is 0 Å². The molecule has 1 aliphatic rings. The summed E-state index contributed by atoms with van der Waals surface area (Å²) in [4.78, 5) is 5.79. The number of hydrogen-bond donors (Lipinski definition) is 0. The van der Waals surface area contributed by atoms with Gasteiger partial charge < -0.3 is 17.3 Å². The molecule has 2 aromatic carbocycles. The lowest BCUT2D eigenvalue weighted by Gasteiger charge is -2.13. The predicted molar refractivity (Wildman–Crippen MR) is 111 cm³/mol. The Morgan fingerprint density at radius 1 is 0.963 bits per heavy atom. The minimum atomic E-state index is 0. The Kier molecular flexibility index (Phi) is 5.38. The van der Waals surface area contributed by atoms with Crippen molar-refractivity contribution in [3.63, 3.8) is 0 Å². The number of benzene rings is 2. The molecule has 0 unspecified atom stereocenters. The molecule has 1 aromatic heterocycles. The predicted octanol–water partition coefficient (Wildman–Crippen LogP) is 0.471. The summed E-state index contributed by atoms with van der Waals surface area (Å²) in [5.41, 5.74) is 7.76. The number of pyridine rings is 1. The molecule has 0 spiro atoms. The number of allylic oxidation sites excluding steroid dienone is 1. The van der Waals surface area contributed by atoms with Gasteiger partial charge in [-0.25, -0.2) is 4.98 Å². The van der Waals surface area contributed by atoms with E-state index in [-0.39, 0.29) is 12.4 Å². The monoisotopic (exact) mass is 376 g/mol. The number of aromatic amines is 1. The first-order valence-electron chi connectivity index (χ1n) is 9.14. The number of para-hydroxylation sites is 1. The van der Waals surface area contributed by atoms with Crippen LogP contribution in [0.1, 0.15) is 24.5 Å². The van der Waals surface area contributed by atoms with Crippen molar-refractivity contribution < 1.29 is 17.4 Å². The lowest BCUT2D eigenvalue weighted by atomic mass is 9.93. The average molecular weight is 377 g/mol. The quantitative estimate of drug-likeness (QED) is 0.635. The van der Waals surface area contributed by atoms with E-state index in [9.17, 15) is 0 Å². The first kappa shape index (κ1) is 19.2. The number of nitrogens with one attached hydrogen (secondary N) is 1. The number of rotatable bonds is 2. The zero-order valence-corrected chi connectivity index (χ0v) is 17.1. The fraction of sp³-hybridized carbons (Fsp3) is 0.208. The van der Waals surface area contributed by atoms with Crippen LogP contribution < -0.4 is 32.9 Å². The molecule has 0 amide bonds. The molecule has 0 radical (unpaired) electrons. The van der Waals surface area contributed by atoms with Crippen molar-refractivity contribution in [3.8, 4) is 0 Å². The number of fused-ring (bicyclic) bond motifs is 2. The molecule has 27 heavy (non-hydrogen) atoms. The Labute approximate surface area is 167 Å². The van der Waals surface area contributed by atoms with Crippen molar-refractivity contribution in [1.82, 2.24) is 0 Å². The number of anilines is 1. The summed E-state index contributed by atoms with van der Waals surface area (Å²) in [6, 6.07) is 17.3. The third-order valence-electron chi connectivity index (χ3n) is 5.40. The summed E-state index contributed by atoms with van der Waals surface area (Å²) in [5.74, 6) is 0. The van der Waals surface area contributed by atoms with Crippen molar-refractivity contribution in [1.29, 1.82) is 0 Å². The second kappa shape index (κ2) is 7.58. The Bertz CT molecular complexity index is 1140. The van der Waals surface area contributed by atoms with E-state index in [1.54, 1.807) is 0 Å². The number of nitrogens with zero attached hydrogens (tertiary/aromatic N) is 1. The van der Waals surface area contributed by atoms with E-state index in [4.69, 9.17) is 0 Å². The van der Waals surface area contributed by atoms with Gasteiger partial charge in [0.1, 0.15) is 0 Å². The lowest BCUT2D eigenvalue weighted by molar-refractivity contribution is -0.364. The number of aromatic nitrogens is 1. The molecule has 3 aromatic rings. The zero-order valence-electron chi connectivity index (χ0n) is 16.3. The van der Waals surface area contributed by atoms with Crippen LogP contribution in [0.2, 0.25) is 0 Å². The smallest absolute Gasteiger partial charge is 0.214 e. The number of hydrogen-bond acceptors (Lipinski definition) is 1. The fourth-order valence-electron chi connectivity index (χ4n) is 3.77. The van der Waals surface area contributed by atoms with E-state index < -0.39 is 0 Å². The molecule has 0 saturated heterocycles. The number of aryl methyl sites for hydroxylation is 1. The van der Waals surface area contributed by atoms with Crippen molar-refractivity contribution in [3.05, 3.63) is 75.8 Å². The minimum Gasteiger partial charge on any atom is -1.00 e. The van der Waals surface area contributed by atoms with Gasteiger partial charge >= 0.3 is 0 Å². The van der Waals surface area contributed by atoms with Crippen molar-refractivity contribution in [2.75, 3.05) is 19.0 Å². The molecule has 1 heterocycles. The van der Waals surface area contributed by atoms with Gasteiger partial charge in [0.2, 0.25) is 10.9 Å². The van der Waals surface area contributed by atoms with Gasteiger partial charge in [-0.1, -0.05) is 36.4 Å². The van der Waals surface area contributed by atoms with E-state index in [2.05, 4.69) is 98.5 Å². The molecule has 3 heteroatoms. The highest BCUT2D eigenvalue weighted by atomic mass is 35.5. The summed E-state index contributed by atoms with van der Waals surface area (Å²) < 4.78 is 0. The van der Waals surface area contributed by atoms with Gasteiger partial charge in [-0.2, -0.15) is 0 Å². The maximum atomic E-state index is 3.66. The van der Waals surface area contributed by atoms with E-state index in [1.165, 1.54) is 49.4 Å². The molecule has 0 bridgehead atoms. The summed E-state index contributed by atoms with van der Waals surface area (Å²) in [6.45, 7) is 4.46. The third-order valence-corrected chi connectivity index (χ3v) is 5.40. The van der Waals surface area contributed by atoms with Gasteiger partial charge in [0.15, 0.2) is 0 Å². The standard InChI is InChI=1S/C24H24N2.ClH/c1-16-19(15-18-9-12-20(13-10-18)26(3)4)11-14-22-17(2)21-7-5-6-8-23(21)25-24(16)22;/h5-10,12-15H,11H2,1-4H3;1H. The van der Waals surface area contributed by atoms with Gasteiger partial charge in [0.25, 0.3) is 0 Å². The van der Waals surface area contributed by atoms with Gasteiger partial charge in [-0.15, -0.1) is 0 Å². The van der Waals surface area contributed by atoms with Crippen molar-refractivity contribution in [2.45, 2.75) is 20.3 Å². The fourth-order valence-corrected chi connectivity index (χ4v) is 3.77. The first-order valence-corrected chi connectivity index (χ1v) is 9.14. The first-order chi connectivity index (χ1) is 12.5. The summed E-state index contributed by atoms with van der Waals surface area (Å²) in [5, 5.41) is 3.91. The molecule has 0 aliphatic heterocycles. The Balaban J connectivity index is 0.00000210. The van der Waals surface area contributed by atoms with Crippen molar-refractivity contribution >= 4 is 34.3 Å². The molecule has 1 N–H and O–H groups in total. The minimum absolute atomic E-state index is 0. The van der Waals surface area contributed by atoms with Crippen LogP contribution in [0.25, 0.3) is 28.6 Å². The SMILES string of the molecule is CC1=c2[nH+]c3ccccc3c(C)c2=CCC1=Cc1ccc(N(C)C)cc1.[Cl-]. The second-order valence-corrected chi connectivity index (χ2v) is 7.27. The highest BCUT2D eigenvalue weighted by molar-refractivity contribution is 5.82.